The highest BCUT2D eigenvalue weighted by atomic mass is 32.2. The Balaban J connectivity index is 2.00. The summed E-state index contributed by atoms with van der Waals surface area (Å²) in [6.45, 7) is 0. The van der Waals surface area contributed by atoms with Crippen molar-refractivity contribution < 1.29 is 0 Å². The summed E-state index contributed by atoms with van der Waals surface area (Å²) < 4.78 is 0. The monoisotopic (exact) mass is 205 g/mol. The van der Waals surface area contributed by atoms with Crippen LogP contribution in [0.2, 0.25) is 0 Å². The van der Waals surface area contributed by atoms with Gasteiger partial charge in [0, 0.05) is 23.0 Å². The van der Waals surface area contributed by atoms with Crippen LogP contribution in [0.1, 0.15) is 29.9 Å². The standard InChI is InChI=1S/C12H15NS/c13-12(5-6-12)11-4-2-1-3-10(11)9-7-14-8-9/h1-4,9H,5-8,13H2. The highest BCUT2D eigenvalue weighted by Gasteiger charge is 2.42. The molecule has 2 heteroatoms. The minimum Gasteiger partial charge on any atom is -0.321 e. The van der Waals surface area contributed by atoms with Gasteiger partial charge in [-0.05, 0) is 24.0 Å². The molecule has 0 aromatic heterocycles. The summed E-state index contributed by atoms with van der Waals surface area (Å²) in [4.78, 5) is 0. The van der Waals surface area contributed by atoms with Crippen LogP contribution in [-0.4, -0.2) is 11.5 Å². The predicted molar refractivity (Wildman–Crippen MR) is 61.6 cm³/mol. The second kappa shape index (κ2) is 3.01. The molecule has 0 atom stereocenters. The predicted octanol–water partition coefficient (Wildman–Crippen LogP) is 2.46. The molecule has 1 saturated carbocycles. The van der Waals surface area contributed by atoms with Gasteiger partial charge in [-0.3, -0.25) is 0 Å². The molecule has 14 heavy (non-hydrogen) atoms. The number of nitrogens with two attached hydrogens (primary N) is 1. The molecular weight excluding hydrogens is 190 g/mol. The molecule has 2 N–H and O–H groups in total. The molecule has 1 nitrogen and oxygen atoms in total. The molecule has 0 unspecified atom stereocenters. The molecule has 2 aliphatic rings. The Bertz CT molecular complexity index is 353. The molecule has 0 radical (unpaired) electrons. The number of thioether (sulfide) groups is 1. The van der Waals surface area contributed by atoms with Crippen LogP contribution >= 0.6 is 11.8 Å². The highest BCUT2D eigenvalue weighted by Crippen LogP contribution is 2.47. The van der Waals surface area contributed by atoms with Crippen LogP contribution in [0.4, 0.5) is 0 Å². The van der Waals surface area contributed by atoms with E-state index in [2.05, 4.69) is 24.3 Å². The zero-order valence-corrected chi connectivity index (χ0v) is 9.02. The van der Waals surface area contributed by atoms with Crippen molar-refractivity contribution in [1.82, 2.24) is 0 Å². The lowest BCUT2D eigenvalue weighted by Gasteiger charge is -2.29. The fourth-order valence-electron chi connectivity index (χ4n) is 2.13. The van der Waals surface area contributed by atoms with E-state index in [0.717, 1.165) is 5.92 Å². The number of benzene rings is 1. The van der Waals surface area contributed by atoms with Crippen molar-refractivity contribution in [2.75, 3.05) is 11.5 Å². The SMILES string of the molecule is NC1(c2ccccc2C2CSC2)CC1. The van der Waals surface area contributed by atoms with E-state index in [-0.39, 0.29) is 5.54 Å². The van der Waals surface area contributed by atoms with Gasteiger partial charge in [-0.15, -0.1) is 0 Å². The Labute approximate surface area is 89.1 Å². The van der Waals surface area contributed by atoms with E-state index in [0.29, 0.717) is 0 Å². The first-order chi connectivity index (χ1) is 6.80. The number of rotatable bonds is 2. The van der Waals surface area contributed by atoms with E-state index in [1.165, 1.54) is 35.5 Å². The molecule has 1 aliphatic carbocycles. The third-order valence-corrected chi connectivity index (χ3v) is 4.64. The first kappa shape index (κ1) is 8.81. The topological polar surface area (TPSA) is 26.0 Å². The molecular formula is C12H15NS. The number of hydrogen-bond acceptors (Lipinski definition) is 2. The third-order valence-electron chi connectivity index (χ3n) is 3.36. The van der Waals surface area contributed by atoms with Crippen LogP contribution in [0.15, 0.2) is 24.3 Å². The second-order valence-corrected chi connectivity index (χ2v) is 5.55. The van der Waals surface area contributed by atoms with E-state index in [1.54, 1.807) is 0 Å². The van der Waals surface area contributed by atoms with Crippen molar-refractivity contribution in [3.8, 4) is 0 Å². The lowest BCUT2D eigenvalue weighted by molar-refractivity contribution is 0.705. The van der Waals surface area contributed by atoms with E-state index in [4.69, 9.17) is 5.73 Å². The summed E-state index contributed by atoms with van der Waals surface area (Å²) in [6.07, 6.45) is 2.34. The van der Waals surface area contributed by atoms with Crippen molar-refractivity contribution in [1.29, 1.82) is 0 Å². The smallest absolute Gasteiger partial charge is 0.0414 e. The summed E-state index contributed by atoms with van der Waals surface area (Å²) in [5.74, 6) is 3.34. The first-order valence-electron chi connectivity index (χ1n) is 5.26. The maximum atomic E-state index is 6.28. The lowest BCUT2D eigenvalue weighted by Crippen LogP contribution is -2.25. The molecule has 1 heterocycles. The van der Waals surface area contributed by atoms with Crippen molar-refractivity contribution >= 4 is 11.8 Å². The number of hydrogen-bond donors (Lipinski definition) is 1. The summed E-state index contributed by atoms with van der Waals surface area (Å²) in [5, 5.41) is 0. The van der Waals surface area contributed by atoms with Gasteiger partial charge in [0.2, 0.25) is 0 Å². The van der Waals surface area contributed by atoms with Gasteiger partial charge in [0.15, 0.2) is 0 Å². The van der Waals surface area contributed by atoms with E-state index in [1.807, 2.05) is 11.8 Å². The van der Waals surface area contributed by atoms with Crippen LogP contribution in [0.3, 0.4) is 0 Å². The average Bonchev–Trinajstić information content (AvgIpc) is 2.83. The van der Waals surface area contributed by atoms with E-state index < -0.39 is 0 Å². The average molecular weight is 205 g/mol. The lowest BCUT2D eigenvalue weighted by atomic mass is 9.91. The van der Waals surface area contributed by atoms with Gasteiger partial charge in [0.25, 0.3) is 0 Å². The van der Waals surface area contributed by atoms with E-state index >= 15 is 0 Å². The maximum absolute atomic E-state index is 6.28. The molecule has 1 aromatic carbocycles. The summed E-state index contributed by atoms with van der Waals surface area (Å²) >= 11 is 2.04. The Morgan fingerprint density at radius 1 is 1.21 bits per heavy atom. The Kier molecular flexibility index (Phi) is 1.89. The zero-order valence-electron chi connectivity index (χ0n) is 8.20. The normalized spacial score (nSPS) is 24.4. The maximum Gasteiger partial charge on any atom is 0.0414 e. The van der Waals surface area contributed by atoms with Gasteiger partial charge in [-0.2, -0.15) is 11.8 Å². The van der Waals surface area contributed by atoms with Crippen molar-refractivity contribution in [3.05, 3.63) is 35.4 Å². The molecule has 1 saturated heterocycles. The van der Waals surface area contributed by atoms with Crippen molar-refractivity contribution in [2.24, 2.45) is 5.73 Å². The van der Waals surface area contributed by atoms with Gasteiger partial charge in [0.05, 0.1) is 0 Å². The Morgan fingerprint density at radius 2 is 1.93 bits per heavy atom. The van der Waals surface area contributed by atoms with Gasteiger partial charge < -0.3 is 5.73 Å². The molecule has 2 fully saturated rings. The van der Waals surface area contributed by atoms with Crippen LogP contribution in [0.5, 0.6) is 0 Å². The van der Waals surface area contributed by atoms with Crippen LogP contribution in [0.25, 0.3) is 0 Å². The molecule has 0 bridgehead atoms. The molecule has 1 aromatic rings. The van der Waals surface area contributed by atoms with Crippen LogP contribution < -0.4 is 5.73 Å². The molecule has 0 amide bonds. The zero-order chi connectivity index (χ0) is 9.60. The Morgan fingerprint density at radius 3 is 2.50 bits per heavy atom. The van der Waals surface area contributed by atoms with Crippen molar-refractivity contribution in [2.45, 2.75) is 24.3 Å². The largest absolute Gasteiger partial charge is 0.321 e. The van der Waals surface area contributed by atoms with Crippen LogP contribution in [0, 0.1) is 0 Å². The fourth-order valence-corrected chi connectivity index (χ4v) is 2.96. The summed E-state index contributed by atoms with van der Waals surface area (Å²) in [6, 6.07) is 8.77. The minimum absolute atomic E-state index is 0.0385. The van der Waals surface area contributed by atoms with Gasteiger partial charge in [-0.1, -0.05) is 24.3 Å². The fraction of sp³-hybridized carbons (Fsp3) is 0.500. The van der Waals surface area contributed by atoms with Crippen LogP contribution in [-0.2, 0) is 5.54 Å². The quantitative estimate of drug-likeness (QED) is 0.802. The highest BCUT2D eigenvalue weighted by molar-refractivity contribution is 8.00. The summed E-state index contributed by atoms with van der Waals surface area (Å²) in [7, 11) is 0. The van der Waals surface area contributed by atoms with Gasteiger partial charge in [0.1, 0.15) is 0 Å². The molecule has 1 aliphatic heterocycles. The molecule has 3 rings (SSSR count). The Hall–Kier alpha value is -0.470. The van der Waals surface area contributed by atoms with Gasteiger partial charge >= 0.3 is 0 Å². The minimum atomic E-state index is 0.0385. The van der Waals surface area contributed by atoms with E-state index in [9.17, 15) is 0 Å². The first-order valence-corrected chi connectivity index (χ1v) is 6.41. The second-order valence-electron chi connectivity index (χ2n) is 4.48. The van der Waals surface area contributed by atoms with Crippen molar-refractivity contribution in [3.63, 3.8) is 0 Å². The summed E-state index contributed by atoms with van der Waals surface area (Å²) in [5.41, 5.74) is 9.26. The molecule has 0 spiro atoms. The van der Waals surface area contributed by atoms with Gasteiger partial charge in [-0.25, -0.2) is 0 Å². The third kappa shape index (κ3) is 1.29. The molecule has 74 valence electrons.